The third-order valence-electron chi connectivity index (χ3n) is 1.78. The first-order chi connectivity index (χ1) is 7.90. The molecule has 1 aromatic rings. The lowest BCUT2D eigenvalue weighted by Gasteiger charge is -2.08. The van der Waals surface area contributed by atoms with E-state index in [0.29, 0.717) is 0 Å². The Morgan fingerprint density at radius 1 is 1.41 bits per heavy atom. The SMILES string of the molecule is CC(Cl)C(=O)NC(=O)Nc1ccc(Cl)cc1F. The number of carbonyl (C=O) groups is 2. The van der Waals surface area contributed by atoms with Crippen LogP contribution in [0.25, 0.3) is 0 Å². The van der Waals surface area contributed by atoms with Crippen molar-refractivity contribution in [2.75, 3.05) is 5.32 Å². The van der Waals surface area contributed by atoms with Gasteiger partial charge in [-0.2, -0.15) is 0 Å². The Labute approximate surface area is 107 Å². The number of hydrogen-bond donors (Lipinski definition) is 2. The van der Waals surface area contributed by atoms with E-state index in [9.17, 15) is 14.0 Å². The Hall–Kier alpha value is -1.33. The van der Waals surface area contributed by atoms with Crippen molar-refractivity contribution in [3.8, 4) is 0 Å². The van der Waals surface area contributed by atoms with E-state index in [1.54, 1.807) is 0 Å². The maximum atomic E-state index is 13.3. The van der Waals surface area contributed by atoms with Gasteiger partial charge >= 0.3 is 6.03 Å². The summed E-state index contributed by atoms with van der Waals surface area (Å²) in [7, 11) is 0. The molecular weight excluding hydrogens is 270 g/mol. The van der Waals surface area contributed by atoms with Gasteiger partial charge < -0.3 is 5.32 Å². The van der Waals surface area contributed by atoms with Crippen LogP contribution < -0.4 is 10.6 Å². The summed E-state index contributed by atoms with van der Waals surface area (Å²) in [5, 5.41) is 3.47. The molecular formula is C10H9Cl2FN2O2. The molecule has 0 spiro atoms. The van der Waals surface area contributed by atoms with Crippen molar-refractivity contribution in [3.05, 3.63) is 29.0 Å². The van der Waals surface area contributed by atoms with Crippen LogP contribution in [0, 0.1) is 5.82 Å². The van der Waals surface area contributed by atoms with Crippen molar-refractivity contribution in [2.45, 2.75) is 12.3 Å². The van der Waals surface area contributed by atoms with Crippen molar-refractivity contribution in [1.29, 1.82) is 0 Å². The number of nitrogens with one attached hydrogen (secondary N) is 2. The topological polar surface area (TPSA) is 58.2 Å². The monoisotopic (exact) mass is 278 g/mol. The number of hydrogen-bond acceptors (Lipinski definition) is 2. The molecule has 17 heavy (non-hydrogen) atoms. The van der Waals surface area contributed by atoms with E-state index in [2.05, 4.69) is 5.32 Å². The molecule has 0 heterocycles. The number of rotatable bonds is 2. The molecule has 0 radical (unpaired) electrons. The molecule has 0 aliphatic heterocycles. The standard InChI is InChI=1S/C10H9Cl2FN2O2/c1-5(11)9(16)15-10(17)14-8-3-2-6(12)4-7(8)13/h2-5H,1H3,(H2,14,15,16,17). The zero-order valence-corrected chi connectivity index (χ0v) is 10.3. The van der Waals surface area contributed by atoms with Crippen molar-refractivity contribution >= 4 is 40.8 Å². The van der Waals surface area contributed by atoms with Gasteiger partial charge in [-0.1, -0.05) is 11.6 Å². The molecule has 0 aliphatic rings. The Bertz CT molecular complexity index is 452. The van der Waals surface area contributed by atoms with E-state index < -0.39 is 23.1 Å². The van der Waals surface area contributed by atoms with E-state index in [0.717, 1.165) is 6.07 Å². The predicted molar refractivity (Wildman–Crippen MR) is 63.9 cm³/mol. The van der Waals surface area contributed by atoms with Gasteiger partial charge in [0.1, 0.15) is 11.2 Å². The van der Waals surface area contributed by atoms with E-state index in [-0.39, 0.29) is 10.7 Å². The lowest BCUT2D eigenvalue weighted by molar-refractivity contribution is -0.119. The number of carbonyl (C=O) groups excluding carboxylic acids is 2. The zero-order chi connectivity index (χ0) is 13.0. The minimum Gasteiger partial charge on any atom is -0.305 e. The van der Waals surface area contributed by atoms with Crippen LogP contribution in [0.1, 0.15) is 6.92 Å². The Morgan fingerprint density at radius 2 is 2.06 bits per heavy atom. The van der Waals surface area contributed by atoms with E-state index in [1.807, 2.05) is 5.32 Å². The first kappa shape index (κ1) is 13.7. The van der Waals surface area contributed by atoms with Crippen LogP contribution in [-0.2, 0) is 4.79 Å². The molecule has 4 nitrogen and oxygen atoms in total. The van der Waals surface area contributed by atoms with Crippen LogP contribution in [-0.4, -0.2) is 17.3 Å². The van der Waals surface area contributed by atoms with Gasteiger partial charge in [0, 0.05) is 5.02 Å². The number of alkyl halides is 1. The number of halogens is 3. The third-order valence-corrected chi connectivity index (χ3v) is 2.21. The minimum atomic E-state index is -0.858. The Kier molecular flexibility index (Phi) is 4.72. The smallest absolute Gasteiger partial charge is 0.305 e. The first-order valence-corrected chi connectivity index (χ1v) is 5.42. The van der Waals surface area contributed by atoms with Crippen LogP contribution in [0.4, 0.5) is 14.9 Å². The predicted octanol–water partition coefficient (Wildman–Crippen LogP) is 2.75. The normalized spacial score (nSPS) is 11.8. The largest absolute Gasteiger partial charge is 0.326 e. The lowest BCUT2D eigenvalue weighted by Crippen LogP contribution is -2.38. The second-order valence-electron chi connectivity index (χ2n) is 3.18. The zero-order valence-electron chi connectivity index (χ0n) is 8.76. The molecule has 2 N–H and O–H groups in total. The maximum Gasteiger partial charge on any atom is 0.326 e. The van der Waals surface area contributed by atoms with Crippen LogP contribution in [0.3, 0.4) is 0 Å². The molecule has 0 aromatic heterocycles. The molecule has 0 bridgehead atoms. The highest BCUT2D eigenvalue weighted by molar-refractivity contribution is 6.31. The molecule has 7 heteroatoms. The second-order valence-corrected chi connectivity index (χ2v) is 4.27. The lowest BCUT2D eigenvalue weighted by atomic mass is 10.3. The molecule has 3 amide bonds. The fourth-order valence-corrected chi connectivity index (χ4v) is 1.17. The highest BCUT2D eigenvalue weighted by Gasteiger charge is 2.14. The summed E-state index contributed by atoms with van der Waals surface area (Å²) in [5.41, 5.74) is -0.0816. The summed E-state index contributed by atoms with van der Waals surface area (Å²) in [5.74, 6) is -1.36. The van der Waals surface area contributed by atoms with Crippen LogP contribution in [0.15, 0.2) is 18.2 Å². The molecule has 1 unspecified atom stereocenters. The van der Waals surface area contributed by atoms with Crippen LogP contribution in [0.5, 0.6) is 0 Å². The highest BCUT2D eigenvalue weighted by atomic mass is 35.5. The Balaban J connectivity index is 2.65. The second kappa shape index (κ2) is 5.84. The summed E-state index contributed by atoms with van der Waals surface area (Å²) >= 11 is 11.0. The third kappa shape index (κ3) is 4.20. The molecule has 1 aromatic carbocycles. The Morgan fingerprint density at radius 3 is 2.59 bits per heavy atom. The molecule has 0 aliphatic carbocycles. The van der Waals surface area contributed by atoms with Gasteiger partial charge in [-0.25, -0.2) is 9.18 Å². The number of urea groups is 1. The summed E-state index contributed by atoms with van der Waals surface area (Å²) < 4.78 is 13.3. The van der Waals surface area contributed by atoms with Crippen molar-refractivity contribution in [2.24, 2.45) is 0 Å². The molecule has 92 valence electrons. The first-order valence-electron chi connectivity index (χ1n) is 4.61. The van der Waals surface area contributed by atoms with Crippen LogP contribution in [0.2, 0.25) is 5.02 Å². The van der Waals surface area contributed by atoms with E-state index in [4.69, 9.17) is 23.2 Å². The summed E-state index contributed by atoms with van der Waals surface area (Å²) in [4.78, 5) is 22.3. The number of anilines is 1. The molecule has 1 atom stereocenters. The van der Waals surface area contributed by atoms with Crippen molar-refractivity contribution in [1.82, 2.24) is 5.32 Å². The maximum absolute atomic E-state index is 13.3. The van der Waals surface area contributed by atoms with Gasteiger partial charge in [0.05, 0.1) is 5.69 Å². The quantitative estimate of drug-likeness (QED) is 0.818. The number of imide groups is 1. The van der Waals surface area contributed by atoms with E-state index >= 15 is 0 Å². The van der Waals surface area contributed by atoms with Gasteiger partial charge in [-0.3, -0.25) is 10.1 Å². The van der Waals surface area contributed by atoms with Gasteiger partial charge in [0.25, 0.3) is 0 Å². The fourth-order valence-electron chi connectivity index (χ4n) is 0.956. The average Bonchev–Trinajstić information content (AvgIpc) is 2.22. The number of benzene rings is 1. The van der Waals surface area contributed by atoms with Gasteiger partial charge in [0.15, 0.2) is 0 Å². The molecule has 0 fully saturated rings. The fraction of sp³-hybridized carbons (Fsp3) is 0.200. The van der Waals surface area contributed by atoms with Gasteiger partial charge in [-0.15, -0.1) is 11.6 Å². The van der Waals surface area contributed by atoms with Crippen LogP contribution >= 0.6 is 23.2 Å². The summed E-state index contributed by atoms with van der Waals surface area (Å²) in [6.07, 6.45) is 0. The summed E-state index contributed by atoms with van der Waals surface area (Å²) in [6, 6.07) is 2.88. The van der Waals surface area contributed by atoms with Gasteiger partial charge in [0.2, 0.25) is 5.91 Å². The molecule has 0 saturated carbocycles. The van der Waals surface area contributed by atoms with E-state index in [1.165, 1.54) is 19.1 Å². The molecule has 0 saturated heterocycles. The van der Waals surface area contributed by atoms with Gasteiger partial charge in [-0.05, 0) is 25.1 Å². The highest BCUT2D eigenvalue weighted by Crippen LogP contribution is 2.18. The van der Waals surface area contributed by atoms with Crippen molar-refractivity contribution in [3.63, 3.8) is 0 Å². The minimum absolute atomic E-state index is 0.0816. The van der Waals surface area contributed by atoms with Crippen molar-refractivity contribution < 1.29 is 14.0 Å². The summed E-state index contributed by atoms with van der Waals surface area (Å²) in [6.45, 7) is 1.41. The molecule has 1 rings (SSSR count). The average molecular weight is 279 g/mol. The number of amides is 3.